The SMILES string of the molecule is Cc1ccc(-n2nccn2)c(C(=O)N2[C@H](C)[C@H]3CC(Oc4ccc(Cl)cn4)[C@@H]2C3)n1. The number of hydrogen-bond donors (Lipinski definition) is 0. The zero-order valence-corrected chi connectivity index (χ0v) is 17.4. The number of likely N-dealkylation sites (tertiary alicyclic amines) is 1. The van der Waals surface area contributed by atoms with Gasteiger partial charge in [0.15, 0.2) is 5.69 Å². The van der Waals surface area contributed by atoms with E-state index in [-0.39, 0.29) is 24.1 Å². The fourth-order valence-corrected chi connectivity index (χ4v) is 4.72. The number of fused-ring (bicyclic) bond motifs is 2. The van der Waals surface area contributed by atoms with Gasteiger partial charge in [0.1, 0.15) is 11.8 Å². The van der Waals surface area contributed by atoms with E-state index in [2.05, 4.69) is 27.1 Å². The number of hydrogen-bond acceptors (Lipinski definition) is 6. The fraction of sp³-hybridized carbons (Fsp3) is 0.381. The Labute approximate surface area is 178 Å². The van der Waals surface area contributed by atoms with Gasteiger partial charge in [-0.1, -0.05) is 11.6 Å². The number of carbonyl (C=O) groups is 1. The average Bonchev–Trinajstić information content (AvgIpc) is 3.46. The van der Waals surface area contributed by atoms with Crippen LogP contribution in [0.15, 0.2) is 42.9 Å². The van der Waals surface area contributed by atoms with Crippen LogP contribution in [0.3, 0.4) is 0 Å². The third-order valence-corrected chi connectivity index (χ3v) is 6.27. The average molecular weight is 425 g/mol. The molecule has 1 unspecified atom stereocenters. The quantitative estimate of drug-likeness (QED) is 0.639. The molecule has 0 N–H and O–H groups in total. The van der Waals surface area contributed by atoms with Crippen molar-refractivity contribution in [1.82, 2.24) is 29.9 Å². The minimum Gasteiger partial charge on any atom is -0.472 e. The molecule has 3 aromatic heterocycles. The number of amides is 1. The molecule has 4 atom stereocenters. The van der Waals surface area contributed by atoms with Crippen LogP contribution in [-0.4, -0.2) is 54.0 Å². The van der Waals surface area contributed by atoms with Crippen molar-refractivity contribution >= 4 is 17.5 Å². The van der Waals surface area contributed by atoms with Gasteiger partial charge in [-0.05, 0) is 50.8 Å². The van der Waals surface area contributed by atoms with E-state index < -0.39 is 0 Å². The zero-order chi connectivity index (χ0) is 20.8. The lowest BCUT2D eigenvalue weighted by molar-refractivity contribution is 0.0309. The molecule has 1 aliphatic heterocycles. The number of aryl methyl sites for hydroxylation is 1. The molecule has 5 rings (SSSR count). The van der Waals surface area contributed by atoms with E-state index in [9.17, 15) is 4.79 Å². The molecule has 3 aromatic rings. The van der Waals surface area contributed by atoms with Gasteiger partial charge in [0, 0.05) is 24.0 Å². The molecule has 1 aliphatic carbocycles. The molecule has 1 saturated heterocycles. The predicted molar refractivity (Wildman–Crippen MR) is 110 cm³/mol. The normalized spacial score (nSPS) is 25.0. The van der Waals surface area contributed by atoms with Gasteiger partial charge in [-0.2, -0.15) is 10.2 Å². The summed E-state index contributed by atoms with van der Waals surface area (Å²) in [5.41, 5.74) is 1.70. The summed E-state index contributed by atoms with van der Waals surface area (Å²) in [6, 6.07) is 7.28. The summed E-state index contributed by atoms with van der Waals surface area (Å²) in [7, 11) is 0. The molecule has 2 aliphatic rings. The summed E-state index contributed by atoms with van der Waals surface area (Å²) in [5.74, 6) is 0.780. The maximum absolute atomic E-state index is 13.7. The van der Waals surface area contributed by atoms with Gasteiger partial charge in [0.25, 0.3) is 5.91 Å². The monoisotopic (exact) mass is 424 g/mol. The molecule has 1 amide bonds. The third kappa shape index (κ3) is 3.21. The second-order valence-electron chi connectivity index (χ2n) is 7.86. The minimum atomic E-state index is -0.122. The highest BCUT2D eigenvalue weighted by Crippen LogP contribution is 2.44. The first-order valence-electron chi connectivity index (χ1n) is 9.96. The van der Waals surface area contributed by atoms with Crippen molar-refractivity contribution in [2.45, 2.75) is 44.9 Å². The van der Waals surface area contributed by atoms with Gasteiger partial charge in [-0.25, -0.2) is 9.97 Å². The third-order valence-electron chi connectivity index (χ3n) is 6.04. The van der Waals surface area contributed by atoms with Gasteiger partial charge in [0.2, 0.25) is 5.88 Å². The summed E-state index contributed by atoms with van der Waals surface area (Å²) in [6.07, 6.45) is 6.42. The van der Waals surface area contributed by atoms with Gasteiger partial charge >= 0.3 is 0 Å². The van der Waals surface area contributed by atoms with Crippen LogP contribution in [0.1, 0.15) is 35.9 Å². The summed E-state index contributed by atoms with van der Waals surface area (Å²) in [6.45, 7) is 3.97. The number of pyridine rings is 2. The lowest BCUT2D eigenvalue weighted by Crippen LogP contribution is -2.51. The molecule has 1 saturated carbocycles. The number of ether oxygens (including phenoxy) is 1. The van der Waals surface area contributed by atoms with Crippen LogP contribution in [0.25, 0.3) is 5.69 Å². The van der Waals surface area contributed by atoms with E-state index in [1.165, 1.54) is 4.80 Å². The Bertz CT molecular complexity index is 1070. The number of halogens is 1. The Balaban J connectivity index is 1.45. The molecule has 0 aromatic carbocycles. The number of rotatable bonds is 4. The van der Waals surface area contributed by atoms with E-state index in [4.69, 9.17) is 16.3 Å². The standard InChI is InChI=1S/C21H21ClN6O2/c1-12-3-5-16(28-24-7-8-25-28)20(26-12)21(29)27-13(2)14-9-17(27)18(10-14)30-19-6-4-15(22)11-23-19/h3-8,11,13-14,17-18H,9-10H2,1-2H3/t13-,14-,17+,18?/m1/s1. The largest absolute Gasteiger partial charge is 0.472 e. The van der Waals surface area contributed by atoms with Crippen LogP contribution in [0.5, 0.6) is 5.88 Å². The number of carbonyl (C=O) groups excluding carboxylic acids is 1. The number of piperidine rings is 1. The van der Waals surface area contributed by atoms with Gasteiger partial charge in [-0.15, -0.1) is 4.80 Å². The van der Waals surface area contributed by atoms with Crippen molar-refractivity contribution in [2.24, 2.45) is 5.92 Å². The molecule has 9 heteroatoms. The molecule has 154 valence electrons. The number of nitrogens with zero attached hydrogens (tertiary/aromatic N) is 6. The Morgan fingerprint density at radius 2 is 1.97 bits per heavy atom. The van der Waals surface area contributed by atoms with Gasteiger partial charge in [0.05, 0.1) is 23.5 Å². The first kappa shape index (κ1) is 19.0. The molecule has 8 nitrogen and oxygen atoms in total. The molecule has 2 bridgehead atoms. The molecule has 30 heavy (non-hydrogen) atoms. The second-order valence-corrected chi connectivity index (χ2v) is 8.30. The Hall–Kier alpha value is -3.00. The Morgan fingerprint density at radius 1 is 1.17 bits per heavy atom. The summed E-state index contributed by atoms with van der Waals surface area (Å²) >= 11 is 5.92. The van der Waals surface area contributed by atoms with Crippen molar-refractivity contribution in [3.05, 3.63) is 59.3 Å². The lowest BCUT2D eigenvalue weighted by Gasteiger charge is -2.37. The zero-order valence-electron chi connectivity index (χ0n) is 16.6. The minimum absolute atomic E-state index is 0.0317. The van der Waals surface area contributed by atoms with Crippen LogP contribution in [0, 0.1) is 12.8 Å². The summed E-state index contributed by atoms with van der Waals surface area (Å²) in [4.78, 5) is 25.8. The molecule has 0 spiro atoms. The summed E-state index contributed by atoms with van der Waals surface area (Å²) < 4.78 is 6.14. The molecule has 4 heterocycles. The maximum Gasteiger partial charge on any atom is 0.275 e. The second kappa shape index (κ2) is 7.36. The lowest BCUT2D eigenvalue weighted by atomic mass is 9.98. The van der Waals surface area contributed by atoms with Crippen molar-refractivity contribution in [2.75, 3.05) is 0 Å². The van der Waals surface area contributed by atoms with Gasteiger partial charge < -0.3 is 9.64 Å². The predicted octanol–water partition coefficient (Wildman–Crippen LogP) is 3.09. The topological polar surface area (TPSA) is 86.0 Å². The van der Waals surface area contributed by atoms with E-state index in [1.54, 1.807) is 30.7 Å². The van der Waals surface area contributed by atoms with E-state index in [1.807, 2.05) is 24.0 Å². The van der Waals surface area contributed by atoms with Crippen molar-refractivity contribution < 1.29 is 9.53 Å². The van der Waals surface area contributed by atoms with Crippen LogP contribution in [0.4, 0.5) is 0 Å². The summed E-state index contributed by atoms with van der Waals surface area (Å²) in [5, 5.41) is 8.92. The van der Waals surface area contributed by atoms with Crippen LogP contribution < -0.4 is 4.74 Å². The van der Waals surface area contributed by atoms with Crippen molar-refractivity contribution in [3.8, 4) is 11.6 Å². The first-order valence-corrected chi connectivity index (χ1v) is 10.3. The highest BCUT2D eigenvalue weighted by Gasteiger charge is 2.53. The highest BCUT2D eigenvalue weighted by molar-refractivity contribution is 6.30. The van der Waals surface area contributed by atoms with Crippen molar-refractivity contribution in [3.63, 3.8) is 0 Å². The fourth-order valence-electron chi connectivity index (χ4n) is 4.61. The van der Waals surface area contributed by atoms with Crippen LogP contribution in [-0.2, 0) is 0 Å². The molecular formula is C21H21ClN6O2. The smallest absolute Gasteiger partial charge is 0.275 e. The van der Waals surface area contributed by atoms with Gasteiger partial charge in [-0.3, -0.25) is 4.79 Å². The van der Waals surface area contributed by atoms with E-state index in [0.717, 1.165) is 18.5 Å². The molecule has 0 radical (unpaired) electrons. The van der Waals surface area contributed by atoms with Crippen molar-refractivity contribution in [1.29, 1.82) is 0 Å². The number of aromatic nitrogens is 5. The Kier molecular flexibility index (Phi) is 4.66. The highest BCUT2D eigenvalue weighted by atomic mass is 35.5. The Morgan fingerprint density at radius 3 is 2.67 bits per heavy atom. The first-order chi connectivity index (χ1) is 14.5. The maximum atomic E-state index is 13.7. The van der Waals surface area contributed by atoms with Crippen LogP contribution >= 0.6 is 11.6 Å². The van der Waals surface area contributed by atoms with E-state index >= 15 is 0 Å². The van der Waals surface area contributed by atoms with E-state index in [0.29, 0.717) is 28.2 Å². The molecule has 2 fully saturated rings. The molecular weight excluding hydrogens is 404 g/mol. The van der Waals surface area contributed by atoms with Crippen LogP contribution in [0.2, 0.25) is 5.02 Å².